The van der Waals surface area contributed by atoms with Crippen LogP contribution in [-0.2, 0) is 20.0 Å². The average Bonchev–Trinajstić information content (AvgIpc) is 3.73. The summed E-state index contributed by atoms with van der Waals surface area (Å²) in [4.78, 5) is 42.9. The van der Waals surface area contributed by atoms with E-state index in [4.69, 9.17) is 0 Å². The number of fused-ring (bicyclic) bond motifs is 1. The normalized spacial score (nSPS) is 24.5. The summed E-state index contributed by atoms with van der Waals surface area (Å²) in [6.07, 6.45) is 13.0. The number of likely N-dealkylation sites (tertiary alicyclic amines) is 1. The molecule has 3 amide bonds. The van der Waals surface area contributed by atoms with Gasteiger partial charge in [0.1, 0.15) is 0 Å². The fourth-order valence-electron chi connectivity index (χ4n) is 6.26. The molecular formula is C34H48N4O5. The first-order chi connectivity index (χ1) is 20.6. The summed E-state index contributed by atoms with van der Waals surface area (Å²) in [6.45, 7) is 9.67. The smallest absolute Gasteiger partial charge is 0.264 e. The van der Waals surface area contributed by atoms with Gasteiger partial charge in [0.15, 0.2) is 5.60 Å². The van der Waals surface area contributed by atoms with Crippen LogP contribution in [0.2, 0.25) is 0 Å². The fourth-order valence-corrected chi connectivity index (χ4v) is 6.26. The van der Waals surface area contributed by atoms with Gasteiger partial charge in [-0.15, -0.1) is 0 Å². The molecular weight excluding hydrogens is 544 g/mol. The summed E-state index contributed by atoms with van der Waals surface area (Å²) < 4.78 is 0. The highest BCUT2D eigenvalue weighted by Gasteiger charge is 2.52. The minimum absolute atomic E-state index is 0.0503. The number of anilines is 2. The monoisotopic (exact) mass is 592 g/mol. The summed E-state index contributed by atoms with van der Waals surface area (Å²) in [5.41, 5.74) is 2.13. The van der Waals surface area contributed by atoms with E-state index in [1.54, 1.807) is 47.1 Å². The maximum absolute atomic E-state index is 14.0. The number of hydrogen-bond donors (Lipinski definition) is 4. The topological polar surface area (TPSA) is 122 Å². The number of rotatable bonds is 12. The Morgan fingerprint density at radius 3 is 2.67 bits per heavy atom. The van der Waals surface area contributed by atoms with Crippen molar-refractivity contribution in [3.63, 3.8) is 0 Å². The van der Waals surface area contributed by atoms with Crippen LogP contribution >= 0.6 is 0 Å². The molecule has 0 aliphatic carbocycles. The van der Waals surface area contributed by atoms with Crippen LogP contribution in [0.3, 0.4) is 0 Å². The molecule has 0 spiro atoms. The summed E-state index contributed by atoms with van der Waals surface area (Å²) in [5.74, 6) is -1.29. The standard InChI is InChI=1S/C34H48N4O5/c1-23(2)9-5-10-24(3)17-20-38-30-16-15-26(36-32(41)29-13-7-18-35-29)21-28(30)34(43,33(38)42)25(4)11-6-14-31(40)37-19-8-12-27(37)22-39/h6,9,11,15-17,21,25,27,29,35,39,43H,5,7-8,10,12-14,18-20,22H2,1-4H3,(H,36,41)/b11-6+,24-17+/t25-,27-,29+,34+/m0/s1. The van der Waals surface area contributed by atoms with Crippen LogP contribution in [0.25, 0.3) is 0 Å². The van der Waals surface area contributed by atoms with Crippen molar-refractivity contribution in [2.75, 3.05) is 36.5 Å². The van der Waals surface area contributed by atoms with Gasteiger partial charge in [0, 0.05) is 36.7 Å². The molecule has 3 heterocycles. The number of amides is 3. The number of hydrogen-bond acceptors (Lipinski definition) is 6. The van der Waals surface area contributed by atoms with Gasteiger partial charge < -0.3 is 30.6 Å². The molecule has 2 fully saturated rings. The number of carbonyl (C=O) groups excluding carboxylic acids is 3. The van der Waals surface area contributed by atoms with Crippen molar-refractivity contribution in [2.45, 2.75) is 90.3 Å². The van der Waals surface area contributed by atoms with Crippen molar-refractivity contribution >= 4 is 29.1 Å². The van der Waals surface area contributed by atoms with Crippen molar-refractivity contribution in [3.8, 4) is 0 Å². The minimum atomic E-state index is -1.87. The van der Waals surface area contributed by atoms with Crippen molar-refractivity contribution in [2.24, 2.45) is 5.92 Å². The summed E-state index contributed by atoms with van der Waals surface area (Å²) in [7, 11) is 0. The predicted octanol–water partition coefficient (Wildman–Crippen LogP) is 4.17. The Hall–Kier alpha value is -3.27. The second kappa shape index (κ2) is 14.5. The van der Waals surface area contributed by atoms with Gasteiger partial charge in [0.25, 0.3) is 5.91 Å². The molecule has 234 valence electrons. The molecule has 4 N–H and O–H groups in total. The van der Waals surface area contributed by atoms with Crippen LogP contribution in [0, 0.1) is 5.92 Å². The van der Waals surface area contributed by atoms with E-state index >= 15 is 0 Å². The molecule has 1 aromatic rings. The van der Waals surface area contributed by atoms with E-state index in [9.17, 15) is 24.6 Å². The lowest BCUT2D eigenvalue weighted by Crippen LogP contribution is -2.44. The van der Waals surface area contributed by atoms with E-state index < -0.39 is 17.4 Å². The zero-order valence-corrected chi connectivity index (χ0v) is 26.1. The quantitative estimate of drug-likeness (QED) is 0.270. The van der Waals surface area contributed by atoms with E-state index in [-0.39, 0.29) is 36.9 Å². The highest BCUT2D eigenvalue weighted by atomic mass is 16.3. The lowest BCUT2D eigenvalue weighted by atomic mass is 9.82. The van der Waals surface area contributed by atoms with E-state index in [2.05, 4.69) is 30.6 Å². The van der Waals surface area contributed by atoms with Gasteiger partial charge in [-0.2, -0.15) is 0 Å². The zero-order chi connectivity index (χ0) is 31.1. The van der Waals surface area contributed by atoms with E-state index in [0.29, 0.717) is 30.0 Å². The molecule has 4 rings (SSSR count). The Bertz CT molecular complexity index is 1280. The van der Waals surface area contributed by atoms with Gasteiger partial charge in [0.05, 0.1) is 24.4 Å². The number of nitrogens with zero attached hydrogens (tertiary/aromatic N) is 2. The van der Waals surface area contributed by atoms with Crippen molar-refractivity contribution in [3.05, 3.63) is 59.2 Å². The SMILES string of the molecule is CC(C)=CCC/C(C)=C/CN1C(=O)[C@@](O)([C@@H](C)/C=C/CC(=O)N2CCC[C@H]2CO)c2cc(NC(=O)[C@H]3CCCN3)ccc21. The average molecular weight is 593 g/mol. The summed E-state index contributed by atoms with van der Waals surface area (Å²) >= 11 is 0. The van der Waals surface area contributed by atoms with Crippen LogP contribution < -0.4 is 15.5 Å². The van der Waals surface area contributed by atoms with Crippen LogP contribution in [0.5, 0.6) is 0 Å². The Morgan fingerprint density at radius 1 is 1.19 bits per heavy atom. The van der Waals surface area contributed by atoms with Gasteiger partial charge in [-0.25, -0.2) is 0 Å². The second-order valence-corrected chi connectivity index (χ2v) is 12.4. The Balaban J connectivity index is 1.56. The molecule has 3 aliphatic heterocycles. The maximum atomic E-state index is 14.0. The van der Waals surface area contributed by atoms with Gasteiger partial charge in [-0.1, -0.05) is 42.4 Å². The van der Waals surface area contributed by atoms with Crippen molar-refractivity contribution in [1.29, 1.82) is 0 Å². The number of carbonyl (C=O) groups is 3. The molecule has 0 unspecified atom stereocenters. The lowest BCUT2D eigenvalue weighted by molar-refractivity contribution is -0.139. The van der Waals surface area contributed by atoms with Crippen LogP contribution in [-0.4, -0.2) is 71.2 Å². The van der Waals surface area contributed by atoms with Crippen molar-refractivity contribution < 1.29 is 24.6 Å². The molecule has 0 aromatic heterocycles. The molecule has 3 aliphatic rings. The van der Waals surface area contributed by atoms with E-state index in [1.165, 1.54) is 5.57 Å². The summed E-state index contributed by atoms with van der Waals surface area (Å²) in [5, 5.41) is 27.9. The predicted molar refractivity (Wildman–Crippen MR) is 170 cm³/mol. The van der Waals surface area contributed by atoms with Gasteiger partial charge in [0.2, 0.25) is 11.8 Å². The molecule has 2 saturated heterocycles. The second-order valence-electron chi connectivity index (χ2n) is 12.4. The number of aliphatic hydroxyl groups excluding tert-OH is 1. The molecule has 43 heavy (non-hydrogen) atoms. The Labute approximate surface area is 255 Å². The first-order valence-corrected chi connectivity index (χ1v) is 15.6. The Morgan fingerprint density at radius 2 is 1.98 bits per heavy atom. The van der Waals surface area contributed by atoms with Crippen LogP contribution in [0.4, 0.5) is 11.4 Å². The van der Waals surface area contributed by atoms with Gasteiger partial charge in [-0.3, -0.25) is 14.4 Å². The van der Waals surface area contributed by atoms with Crippen molar-refractivity contribution in [1.82, 2.24) is 10.2 Å². The summed E-state index contributed by atoms with van der Waals surface area (Å²) in [6, 6.07) is 4.86. The third-order valence-corrected chi connectivity index (χ3v) is 8.91. The largest absolute Gasteiger partial charge is 0.394 e. The molecule has 9 nitrogen and oxygen atoms in total. The molecule has 0 saturated carbocycles. The lowest BCUT2D eigenvalue weighted by Gasteiger charge is -2.28. The first kappa shape index (κ1) is 32.6. The Kier molecular flexibility index (Phi) is 11.0. The van der Waals surface area contributed by atoms with Gasteiger partial charge in [-0.05, 0) is 84.0 Å². The molecule has 0 radical (unpaired) electrons. The van der Waals surface area contributed by atoms with Gasteiger partial charge >= 0.3 is 0 Å². The number of aliphatic hydroxyl groups is 2. The molecule has 0 bridgehead atoms. The number of benzene rings is 1. The number of allylic oxidation sites excluding steroid dienone is 3. The maximum Gasteiger partial charge on any atom is 0.264 e. The minimum Gasteiger partial charge on any atom is -0.394 e. The highest BCUT2D eigenvalue weighted by Crippen LogP contribution is 2.46. The van der Waals surface area contributed by atoms with E-state index in [0.717, 1.165) is 50.6 Å². The molecule has 9 heteroatoms. The van der Waals surface area contributed by atoms with Crippen LogP contribution in [0.15, 0.2) is 53.6 Å². The highest BCUT2D eigenvalue weighted by molar-refractivity contribution is 6.08. The third-order valence-electron chi connectivity index (χ3n) is 8.91. The van der Waals surface area contributed by atoms with E-state index in [1.807, 2.05) is 13.0 Å². The third kappa shape index (κ3) is 7.45. The number of nitrogens with one attached hydrogen (secondary N) is 2. The molecule has 1 aromatic carbocycles. The zero-order valence-electron chi connectivity index (χ0n) is 26.1. The first-order valence-electron chi connectivity index (χ1n) is 15.6. The molecule has 4 atom stereocenters. The van der Waals surface area contributed by atoms with Crippen LogP contribution in [0.1, 0.15) is 78.2 Å². The fraction of sp³-hybridized carbons (Fsp3) is 0.559.